The summed E-state index contributed by atoms with van der Waals surface area (Å²) < 4.78 is 0. The third-order valence-corrected chi connectivity index (χ3v) is 4.32. The minimum atomic E-state index is 0.498. The predicted molar refractivity (Wildman–Crippen MR) is 75.2 cm³/mol. The van der Waals surface area contributed by atoms with Crippen molar-refractivity contribution in [3.8, 4) is 0 Å². The predicted octanol–water partition coefficient (Wildman–Crippen LogP) is 1.69. The standard InChI is InChI=1S/C14H23N5/c1-3-12-13(4-2)18-19-14(17-12)16-11-7-9-5-6-10(8-11)15-9/h9-11,15H,3-8H2,1-2H3,(H,16,17,19). The summed E-state index contributed by atoms with van der Waals surface area (Å²) >= 11 is 0. The average molecular weight is 261 g/mol. The van der Waals surface area contributed by atoms with Crippen LogP contribution in [0.15, 0.2) is 0 Å². The van der Waals surface area contributed by atoms with Gasteiger partial charge in [-0.25, -0.2) is 4.98 Å². The molecular weight excluding hydrogens is 238 g/mol. The smallest absolute Gasteiger partial charge is 0.243 e. The summed E-state index contributed by atoms with van der Waals surface area (Å²) in [4.78, 5) is 4.62. The molecule has 1 aromatic heterocycles. The summed E-state index contributed by atoms with van der Waals surface area (Å²) in [6.45, 7) is 4.22. The number of hydrogen-bond acceptors (Lipinski definition) is 5. The Balaban J connectivity index is 1.69. The summed E-state index contributed by atoms with van der Waals surface area (Å²) in [5.74, 6) is 0.709. The molecule has 2 aliphatic rings. The number of hydrogen-bond donors (Lipinski definition) is 2. The number of fused-ring (bicyclic) bond motifs is 2. The molecular formula is C14H23N5. The van der Waals surface area contributed by atoms with E-state index >= 15 is 0 Å². The number of aryl methyl sites for hydroxylation is 2. The third-order valence-electron chi connectivity index (χ3n) is 4.32. The van der Waals surface area contributed by atoms with E-state index in [0.29, 0.717) is 24.1 Å². The van der Waals surface area contributed by atoms with Gasteiger partial charge in [-0.05, 0) is 38.5 Å². The van der Waals surface area contributed by atoms with Gasteiger partial charge < -0.3 is 10.6 Å². The van der Waals surface area contributed by atoms with Gasteiger partial charge in [0, 0.05) is 18.1 Å². The maximum absolute atomic E-state index is 4.62. The van der Waals surface area contributed by atoms with Crippen LogP contribution in [0.1, 0.15) is 50.9 Å². The van der Waals surface area contributed by atoms with E-state index in [0.717, 1.165) is 24.2 Å². The van der Waals surface area contributed by atoms with Gasteiger partial charge in [0.25, 0.3) is 0 Å². The highest BCUT2D eigenvalue weighted by atomic mass is 15.3. The average Bonchev–Trinajstić information content (AvgIpc) is 2.78. The molecule has 2 aliphatic heterocycles. The number of aromatic nitrogens is 3. The third kappa shape index (κ3) is 2.71. The Bertz CT molecular complexity index is 435. The maximum atomic E-state index is 4.62. The second-order valence-electron chi connectivity index (χ2n) is 5.69. The Morgan fingerprint density at radius 3 is 2.37 bits per heavy atom. The largest absolute Gasteiger partial charge is 0.350 e. The molecule has 0 radical (unpaired) electrons. The van der Waals surface area contributed by atoms with E-state index in [-0.39, 0.29) is 0 Å². The van der Waals surface area contributed by atoms with Crippen molar-refractivity contribution in [2.45, 2.75) is 70.5 Å². The molecule has 0 amide bonds. The van der Waals surface area contributed by atoms with E-state index < -0.39 is 0 Å². The van der Waals surface area contributed by atoms with E-state index in [1.807, 2.05) is 0 Å². The molecule has 2 atom stereocenters. The first-order valence-corrected chi connectivity index (χ1v) is 7.53. The highest BCUT2D eigenvalue weighted by molar-refractivity contribution is 5.28. The van der Waals surface area contributed by atoms with Crippen LogP contribution in [-0.4, -0.2) is 33.3 Å². The number of piperidine rings is 1. The fraction of sp³-hybridized carbons (Fsp3) is 0.786. The van der Waals surface area contributed by atoms with Gasteiger partial charge in [0.05, 0.1) is 11.4 Å². The summed E-state index contributed by atoms with van der Waals surface area (Å²) in [5, 5.41) is 15.7. The summed E-state index contributed by atoms with van der Waals surface area (Å²) in [6.07, 6.45) is 6.81. The molecule has 5 heteroatoms. The Labute approximate surface area is 114 Å². The minimum Gasteiger partial charge on any atom is -0.350 e. The van der Waals surface area contributed by atoms with Crippen LogP contribution in [0, 0.1) is 0 Å². The molecule has 3 heterocycles. The monoisotopic (exact) mass is 261 g/mol. The highest BCUT2D eigenvalue weighted by Crippen LogP contribution is 2.28. The summed E-state index contributed by atoms with van der Waals surface area (Å²) in [6, 6.07) is 1.87. The first-order valence-electron chi connectivity index (χ1n) is 7.53. The van der Waals surface area contributed by atoms with E-state index in [1.54, 1.807) is 0 Å². The Kier molecular flexibility index (Phi) is 3.64. The van der Waals surface area contributed by atoms with Crippen LogP contribution in [-0.2, 0) is 12.8 Å². The number of anilines is 1. The number of nitrogens with zero attached hydrogens (tertiary/aromatic N) is 3. The van der Waals surface area contributed by atoms with Crippen LogP contribution in [0.5, 0.6) is 0 Å². The Morgan fingerprint density at radius 2 is 1.74 bits per heavy atom. The molecule has 2 N–H and O–H groups in total. The van der Waals surface area contributed by atoms with Crippen LogP contribution in [0.25, 0.3) is 0 Å². The zero-order chi connectivity index (χ0) is 13.2. The first-order chi connectivity index (χ1) is 9.28. The normalized spacial score (nSPS) is 29.5. The highest BCUT2D eigenvalue weighted by Gasteiger charge is 2.33. The Hall–Kier alpha value is -1.23. The van der Waals surface area contributed by atoms with Crippen LogP contribution in [0.3, 0.4) is 0 Å². The summed E-state index contributed by atoms with van der Waals surface area (Å²) in [5.41, 5.74) is 2.11. The molecule has 5 nitrogen and oxygen atoms in total. The fourth-order valence-corrected chi connectivity index (χ4v) is 3.36. The van der Waals surface area contributed by atoms with Gasteiger partial charge in [0.2, 0.25) is 5.95 Å². The molecule has 2 bridgehead atoms. The second-order valence-corrected chi connectivity index (χ2v) is 5.69. The van der Waals surface area contributed by atoms with Crippen molar-refractivity contribution in [1.29, 1.82) is 0 Å². The van der Waals surface area contributed by atoms with Crippen LogP contribution >= 0.6 is 0 Å². The van der Waals surface area contributed by atoms with E-state index in [1.165, 1.54) is 25.7 Å². The summed E-state index contributed by atoms with van der Waals surface area (Å²) in [7, 11) is 0. The van der Waals surface area contributed by atoms with E-state index in [4.69, 9.17) is 0 Å². The van der Waals surface area contributed by atoms with Gasteiger partial charge in [-0.2, -0.15) is 5.10 Å². The van der Waals surface area contributed by atoms with Crippen LogP contribution < -0.4 is 10.6 Å². The second kappa shape index (κ2) is 5.41. The number of nitrogens with one attached hydrogen (secondary N) is 2. The lowest BCUT2D eigenvalue weighted by Crippen LogP contribution is -2.43. The van der Waals surface area contributed by atoms with Crippen molar-refractivity contribution in [2.75, 3.05) is 5.32 Å². The van der Waals surface area contributed by atoms with Gasteiger partial charge in [0.1, 0.15) is 0 Å². The zero-order valence-electron chi connectivity index (χ0n) is 11.8. The van der Waals surface area contributed by atoms with Gasteiger partial charge in [-0.3, -0.25) is 0 Å². The fourth-order valence-electron chi connectivity index (χ4n) is 3.36. The Morgan fingerprint density at radius 1 is 1.05 bits per heavy atom. The van der Waals surface area contributed by atoms with Crippen molar-refractivity contribution in [2.24, 2.45) is 0 Å². The van der Waals surface area contributed by atoms with E-state index in [9.17, 15) is 0 Å². The SMILES string of the molecule is CCc1nnc(NC2CC3CCC(C2)N3)nc1CC. The van der Waals surface area contributed by atoms with Crippen molar-refractivity contribution in [3.05, 3.63) is 11.4 Å². The molecule has 1 aromatic rings. The quantitative estimate of drug-likeness (QED) is 0.863. The van der Waals surface area contributed by atoms with Gasteiger partial charge in [0.15, 0.2) is 0 Å². The molecule has 3 rings (SSSR count). The van der Waals surface area contributed by atoms with Crippen molar-refractivity contribution < 1.29 is 0 Å². The maximum Gasteiger partial charge on any atom is 0.243 e. The topological polar surface area (TPSA) is 62.7 Å². The van der Waals surface area contributed by atoms with Crippen molar-refractivity contribution in [1.82, 2.24) is 20.5 Å². The van der Waals surface area contributed by atoms with Crippen molar-refractivity contribution in [3.63, 3.8) is 0 Å². The van der Waals surface area contributed by atoms with Gasteiger partial charge in [-0.15, -0.1) is 5.10 Å². The minimum absolute atomic E-state index is 0.498. The lowest BCUT2D eigenvalue weighted by atomic mass is 10.0. The lowest BCUT2D eigenvalue weighted by Gasteiger charge is -2.29. The zero-order valence-corrected chi connectivity index (χ0v) is 11.8. The van der Waals surface area contributed by atoms with Crippen molar-refractivity contribution >= 4 is 5.95 Å². The molecule has 0 aromatic carbocycles. The molecule has 0 aliphatic carbocycles. The molecule has 0 spiro atoms. The molecule has 2 fully saturated rings. The molecule has 2 unspecified atom stereocenters. The molecule has 2 saturated heterocycles. The van der Waals surface area contributed by atoms with Gasteiger partial charge >= 0.3 is 0 Å². The molecule has 0 saturated carbocycles. The first kappa shape index (κ1) is 12.8. The molecule has 104 valence electrons. The van der Waals surface area contributed by atoms with Crippen LogP contribution in [0.4, 0.5) is 5.95 Å². The van der Waals surface area contributed by atoms with Gasteiger partial charge in [-0.1, -0.05) is 13.8 Å². The lowest BCUT2D eigenvalue weighted by molar-refractivity contribution is 0.377. The number of rotatable bonds is 4. The molecule has 19 heavy (non-hydrogen) atoms. The van der Waals surface area contributed by atoms with E-state index in [2.05, 4.69) is 39.7 Å². The van der Waals surface area contributed by atoms with Crippen LogP contribution in [0.2, 0.25) is 0 Å².